The normalized spacial score (nSPS) is 18.7. The van der Waals surface area contributed by atoms with Gasteiger partial charge in [0.15, 0.2) is 0 Å². The molecule has 1 unspecified atom stereocenters. The fourth-order valence-corrected chi connectivity index (χ4v) is 3.49. The minimum Gasteiger partial charge on any atom is -0.319 e. The van der Waals surface area contributed by atoms with E-state index in [1.165, 1.54) is 35.1 Å². The van der Waals surface area contributed by atoms with Crippen molar-refractivity contribution in [3.63, 3.8) is 0 Å². The summed E-state index contributed by atoms with van der Waals surface area (Å²) in [5.74, 6) is 0. The first kappa shape index (κ1) is 14.5. The number of rotatable bonds is 5. The van der Waals surface area contributed by atoms with Crippen LogP contribution in [0.4, 0.5) is 0 Å². The maximum Gasteiger partial charge on any atom is 0.0413 e. The third kappa shape index (κ3) is 2.56. The molecule has 2 rings (SSSR count). The van der Waals surface area contributed by atoms with Crippen LogP contribution >= 0.6 is 0 Å². The first-order chi connectivity index (χ1) is 8.93. The number of nitrogens with zero attached hydrogens (tertiary/aromatic N) is 1. The second-order valence-electron chi connectivity index (χ2n) is 6.48. The quantitative estimate of drug-likeness (QED) is 0.874. The Labute approximate surface area is 118 Å². The van der Waals surface area contributed by atoms with E-state index >= 15 is 0 Å². The van der Waals surface area contributed by atoms with E-state index < -0.39 is 0 Å². The van der Waals surface area contributed by atoms with Crippen LogP contribution in [0, 0.1) is 26.2 Å². The van der Waals surface area contributed by atoms with Crippen molar-refractivity contribution in [3.05, 3.63) is 34.4 Å². The van der Waals surface area contributed by atoms with Crippen LogP contribution < -0.4 is 5.32 Å². The Balaban J connectivity index is 2.44. The van der Waals surface area contributed by atoms with Crippen LogP contribution in [0.3, 0.4) is 0 Å². The van der Waals surface area contributed by atoms with Crippen molar-refractivity contribution in [2.45, 2.75) is 39.7 Å². The number of nitrogens with one attached hydrogen (secondary N) is 1. The van der Waals surface area contributed by atoms with Crippen molar-refractivity contribution in [2.24, 2.45) is 5.41 Å². The number of hydrogen-bond donors (Lipinski definition) is 1. The van der Waals surface area contributed by atoms with Gasteiger partial charge in [-0.3, -0.25) is 0 Å². The topological polar surface area (TPSA) is 15.3 Å². The Kier molecular flexibility index (Phi) is 4.03. The summed E-state index contributed by atoms with van der Waals surface area (Å²) in [5.41, 5.74) is 6.27. The standard InChI is InChI=1S/C17H28N2/c1-12-7-8-15(14(3)13(12)2)16(19(5)6)17(9-10-17)11-18-4/h7-8,16,18H,9-11H2,1-6H3. The molecule has 0 saturated heterocycles. The largest absolute Gasteiger partial charge is 0.319 e. The van der Waals surface area contributed by atoms with Crippen LogP contribution in [-0.4, -0.2) is 32.6 Å². The van der Waals surface area contributed by atoms with Gasteiger partial charge in [-0.25, -0.2) is 0 Å². The molecule has 1 N–H and O–H groups in total. The first-order valence-electron chi connectivity index (χ1n) is 7.30. The van der Waals surface area contributed by atoms with Crippen LogP contribution in [0.5, 0.6) is 0 Å². The third-order valence-electron chi connectivity index (χ3n) is 4.91. The van der Waals surface area contributed by atoms with E-state index in [2.05, 4.69) is 64.3 Å². The first-order valence-corrected chi connectivity index (χ1v) is 7.30. The maximum absolute atomic E-state index is 3.39. The summed E-state index contributed by atoms with van der Waals surface area (Å²) in [4.78, 5) is 2.40. The summed E-state index contributed by atoms with van der Waals surface area (Å²) in [6, 6.07) is 5.15. The highest BCUT2D eigenvalue weighted by molar-refractivity contribution is 5.42. The van der Waals surface area contributed by atoms with E-state index in [0.717, 1.165) is 6.54 Å². The lowest BCUT2D eigenvalue weighted by molar-refractivity contribution is 0.191. The molecule has 1 atom stereocenters. The summed E-state index contributed by atoms with van der Waals surface area (Å²) >= 11 is 0. The highest BCUT2D eigenvalue weighted by Crippen LogP contribution is 2.56. The average molecular weight is 260 g/mol. The molecule has 0 amide bonds. The van der Waals surface area contributed by atoms with Gasteiger partial charge in [0.1, 0.15) is 0 Å². The zero-order valence-corrected chi connectivity index (χ0v) is 13.3. The Morgan fingerprint density at radius 2 is 1.79 bits per heavy atom. The highest BCUT2D eigenvalue weighted by Gasteiger charge is 2.50. The van der Waals surface area contributed by atoms with Crippen LogP contribution in [0.2, 0.25) is 0 Å². The van der Waals surface area contributed by atoms with Crippen molar-refractivity contribution in [2.75, 3.05) is 27.7 Å². The second-order valence-corrected chi connectivity index (χ2v) is 6.48. The lowest BCUT2D eigenvalue weighted by Crippen LogP contribution is -2.35. The van der Waals surface area contributed by atoms with Crippen molar-refractivity contribution >= 4 is 0 Å². The van der Waals surface area contributed by atoms with Crippen molar-refractivity contribution in [1.29, 1.82) is 0 Å². The molecule has 2 nitrogen and oxygen atoms in total. The van der Waals surface area contributed by atoms with Gasteiger partial charge >= 0.3 is 0 Å². The molecule has 0 bridgehead atoms. The number of aryl methyl sites for hydroxylation is 1. The van der Waals surface area contributed by atoms with Crippen LogP contribution in [-0.2, 0) is 0 Å². The van der Waals surface area contributed by atoms with Crippen LogP contribution in [0.1, 0.15) is 41.1 Å². The predicted molar refractivity (Wildman–Crippen MR) is 82.7 cm³/mol. The van der Waals surface area contributed by atoms with E-state index in [4.69, 9.17) is 0 Å². The molecule has 1 aromatic carbocycles. The summed E-state index contributed by atoms with van der Waals surface area (Å²) < 4.78 is 0. The van der Waals surface area contributed by atoms with Crippen molar-refractivity contribution in [3.8, 4) is 0 Å². The zero-order chi connectivity index (χ0) is 14.2. The van der Waals surface area contributed by atoms with E-state index in [1.807, 2.05) is 0 Å². The lowest BCUT2D eigenvalue weighted by atomic mass is 9.84. The van der Waals surface area contributed by atoms with Gasteiger partial charge in [-0.1, -0.05) is 12.1 Å². The molecule has 1 fully saturated rings. The van der Waals surface area contributed by atoms with Gasteiger partial charge < -0.3 is 10.2 Å². The number of hydrogen-bond acceptors (Lipinski definition) is 2. The van der Waals surface area contributed by atoms with Crippen LogP contribution in [0.15, 0.2) is 12.1 Å². The van der Waals surface area contributed by atoms with E-state index in [9.17, 15) is 0 Å². The Morgan fingerprint density at radius 1 is 1.16 bits per heavy atom. The molecular formula is C17H28N2. The molecule has 2 heteroatoms. The molecule has 19 heavy (non-hydrogen) atoms. The third-order valence-corrected chi connectivity index (χ3v) is 4.91. The van der Waals surface area contributed by atoms with E-state index in [-0.39, 0.29) is 0 Å². The summed E-state index contributed by atoms with van der Waals surface area (Å²) in [6.45, 7) is 7.85. The molecule has 1 aromatic rings. The fraction of sp³-hybridized carbons (Fsp3) is 0.647. The molecule has 0 aromatic heterocycles. The zero-order valence-electron chi connectivity index (χ0n) is 13.3. The minimum absolute atomic E-state index is 0.435. The molecular weight excluding hydrogens is 232 g/mol. The van der Waals surface area contributed by atoms with Gasteiger partial charge in [0.25, 0.3) is 0 Å². The van der Waals surface area contributed by atoms with Crippen molar-refractivity contribution < 1.29 is 0 Å². The molecule has 1 aliphatic carbocycles. The predicted octanol–water partition coefficient (Wildman–Crippen LogP) is 3.21. The van der Waals surface area contributed by atoms with Gasteiger partial charge in [-0.2, -0.15) is 0 Å². The maximum atomic E-state index is 3.39. The monoisotopic (exact) mass is 260 g/mol. The van der Waals surface area contributed by atoms with Gasteiger partial charge in [-0.15, -0.1) is 0 Å². The minimum atomic E-state index is 0.435. The Bertz CT molecular complexity index is 459. The molecule has 0 heterocycles. The van der Waals surface area contributed by atoms with E-state index in [1.54, 1.807) is 0 Å². The lowest BCUT2D eigenvalue weighted by Gasteiger charge is -2.35. The summed E-state index contributed by atoms with van der Waals surface area (Å²) in [6.07, 6.45) is 2.67. The molecule has 1 saturated carbocycles. The Morgan fingerprint density at radius 3 is 2.26 bits per heavy atom. The van der Waals surface area contributed by atoms with Crippen LogP contribution in [0.25, 0.3) is 0 Å². The van der Waals surface area contributed by atoms with E-state index in [0.29, 0.717) is 11.5 Å². The molecule has 1 aliphatic rings. The highest BCUT2D eigenvalue weighted by atomic mass is 15.1. The molecule has 106 valence electrons. The van der Waals surface area contributed by atoms with Crippen molar-refractivity contribution in [1.82, 2.24) is 10.2 Å². The summed E-state index contributed by atoms with van der Waals surface area (Å²) in [7, 11) is 6.50. The van der Waals surface area contributed by atoms with Gasteiger partial charge in [0, 0.05) is 18.0 Å². The number of benzene rings is 1. The van der Waals surface area contributed by atoms with Gasteiger partial charge in [-0.05, 0) is 77.0 Å². The molecule has 0 aliphatic heterocycles. The average Bonchev–Trinajstić information content (AvgIpc) is 3.10. The molecule has 0 spiro atoms. The Hall–Kier alpha value is -0.860. The van der Waals surface area contributed by atoms with Gasteiger partial charge in [0.05, 0.1) is 0 Å². The van der Waals surface area contributed by atoms with Gasteiger partial charge in [0.2, 0.25) is 0 Å². The second kappa shape index (κ2) is 5.26. The SMILES string of the molecule is CNCC1(C(c2ccc(C)c(C)c2C)N(C)C)CC1. The smallest absolute Gasteiger partial charge is 0.0413 e. The molecule has 0 radical (unpaired) electrons. The fourth-order valence-electron chi connectivity index (χ4n) is 3.49. The summed E-state index contributed by atoms with van der Waals surface area (Å²) in [5, 5.41) is 3.39.